The zero-order chi connectivity index (χ0) is 15.5. The number of carbonyl (C=O) groups is 1. The largest absolute Gasteiger partial charge is 0.508 e. The molecule has 1 atom stereocenters. The number of phenolic OH excluding ortho intramolecular Hbond substituents is 1. The molecule has 1 amide bonds. The highest BCUT2D eigenvalue weighted by atomic mass is 16.3. The number of benzene rings is 1. The SMILES string of the molecule is NCc1cc(C(=O)N2CCCC2c2ccc(O)cc2)ccn1. The van der Waals surface area contributed by atoms with Crippen molar-refractivity contribution >= 4 is 5.91 Å². The zero-order valence-electron chi connectivity index (χ0n) is 12.3. The first-order valence-electron chi connectivity index (χ1n) is 7.44. The molecule has 0 aliphatic carbocycles. The lowest BCUT2D eigenvalue weighted by molar-refractivity contribution is 0.0735. The van der Waals surface area contributed by atoms with E-state index in [0.717, 1.165) is 24.9 Å². The average Bonchev–Trinajstić information content (AvgIpc) is 3.04. The quantitative estimate of drug-likeness (QED) is 0.910. The van der Waals surface area contributed by atoms with Crippen LogP contribution in [0.1, 0.15) is 40.5 Å². The molecule has 1 saturated heterocycles. The van der Waals surface area contributed by atoms with Crippen molar-refractivity contribution in [2.24, 2.45) is 5.73 Å². The third-order valence-electron chi connectivity index (χ3n) is 4.06. The zero-order valence-corrected chi connectivity index (χ0v) is 12.3. The van der Waals surface area contributed by atoms with Crippen LogP contribution < -0.4 is 5.73 Å². The van der Waals surface area contributed by atoms with Crippen LogP contribution in [0.4, 0.5) is 0 Å². The number of likely N-dealkylation sites (tertiary alicyclic amines) is 1. The fourth-order valence-corrected chi connectivity index (χ4v) is 2.94. The van der Waals surface area contributed by atoms with E-state index >= 15 is 0 Å². The lowest BCUT2D eigenvalue weighted by Gasteiger charge is -2.25. The van der Waals surface area contributed by atoms with Crippen LogP contribution in [0.25, 0.3) is 0 Å². The molecule has 3 N–H and O–H groups in total. The van der Waals surface area contributed by atoms with Gasteiger partial charge < -0.3 is 15.7 Å². The van der Waals surface area contributed by atoms with Gasteiger partial charge in [0.1, 0.15) is 5.75 Å². The number of nitrogens with two attached hydrogens (primary N) is 1. The van der Waals surface area contributed by atoms with Crippen molar-refractivity contribution in [1.29, 1.82) is 0 Å². The van der Waals surface area contributed by atoms with Gasteiger partial charge in [0.15, 0.2) is 0 Å². The van der Waals surface area contributed by atoms with Gasteiger partial charge in [0.05, 0.1) is 11.7 Å². The van der Waals surface area contributed by atoms with Crippen molar-refractivity contribution in [3.8, 4) is 5.75 Å². The summed E-state index contributed by atoms with van der Waals surface area (Å²) in [6.45, 7) is 1.06. The number of phenols is 1. The molecule has 0 bridgehead atoms. The van der Waals surface area contributed by atoms with E-state index in [4.69, 9.17) is 5.73 Å². The minimum atomic E-state index is 0.00711. The number of aromatic hydroxyl groups is 1. The molecule has 0 spiro atoms. The van der Waals surface area contributed by atoms with Gasteiger partial charge in [-0.1, -0.05) is 12.1 Å². The normalized spacial score (nSPS) is 17.7. The van der Waals surface area contributed by atoms with Crippen molar-refractivity contribution in [3.05, 3.63) is 59.4 Å². The minimum absolute atomic E-state index is 0.00711. The number of aromatic nitrogens is 1. The number of rotatable bonds is 3. The summed E-state index contributed by atoms with van der Waals surface area (Å²) in [7, 11) is 0. The number of amides is 1. The first kappa shape index (κ1) is 14.5. The van der Waals surface area contributed by atoms with Gasteiger partial charge in [-0.25, -0.2) is 0 Å². The summed E-state index contributed by atoms with van der Waals surface area (Å²) >= 11 is 0. The van der Waals surface area contributed by atoms with Gasteiger partial charge in [0.25, 0.3) is 5.91 Å². The molecule has 5 nitrogen and oxygen atoms in total. The molecule has 0 radical (unpaired) electrons. The maximum absolute atomic E-state index is 12.8. The van der Waals surface area contributed by atoms with Crippen molar-refractivity contribution in [3.63, 3.8) is 0 Å². The minimum Gasteiger partial charge on any atom is -0.508 e. The summed E-state index contributed by atoms with van der Waals surface area (Å²) in [4.78, 5) is 18.8. The topological polar surface area (TPSA) is 79.5 Å². The number of carbonyl (C=O) groups excluding carboxylic acids is 1. The monoisotopic (exact) mass is 297 g/mol. The molecular weight excluding hydrogens is 278 g/mol. The highest BCUT2D eigenvalue weighted by Gasteiger charge is 2.30. The Morgan fingerprint density at radius 3 is 2.82 bits per heavy atom. The van der Waals surface area contributed by atoms with Gasteiger partial charge in [-0.3, -0.25) is 9.78 Å². The Morgan fingerprint density at radius 2 is 2.09 bits per heavy atom. The standard InChI is InChI=1S/C17H19N3O2/c18-11-14-10-13(7-8-19-14)17(22)20-9-1-2-16(20)12-3-5-15(21)6-4-12/h3-8,10,16,21H,1-2,9,11,18H2. The molecule has 3 rings (SSSR count). The van der Waals surface area contributed by atoms with Gasteiger partial charge in [-0.2, -0.15) is 0 Å². The van der Waals surface area contributed by atoms with Gasteiger partial charge in [-0.15, -0.1) is 0 Å². The van der Waals surface area contributed by atoms with Crippen LogP contribution in [0.15, 0.2) is 42.6 Å². The van der Waals surface area contributed by atoms with Crippen LogP contribution in [-0.2, 0) is 6.54 Å². The first-order valence-corrected chi connectivity index (χ1v) is 7.44. The van der Waals surface area contributed by atoms with Crippen LogP contribution in [0.3, 0.4) is 0 Å². The van der Waals surface area contributed by atoms with Crippen LogP contribution in [0, 0.1) is 0 Å². The van der Waals surface area contributed by atoms with Gasteiger partial charge in [-0.05, 0) is 42.7 Å². The molecule has 2 heterocycles. The second-order valence-corrected chi connectivity index (χ2v) is 5.49. The van der Waals surface area contributed by atoms with Crippen molar-refractivity contribution in [2.75, 3.05) is 6.54 Å². The predicted octanol–water partition coefficient (Wildman–Crippen LogP) is 2.22. The summed E-state index contributed by atoms with van der Waals surface area (Å²) in [5, 5.41) is 9.41. The molecule has 0 saturated carbocycles. The molecule has 2 aromatic rings. The second-order valence-electron chi connectivity index (χ2n) is 5.49. The Morgan fingerprint density at radius 1 is 1.32 bits per heavy atom. The number of hydrogen-bond donors (Lipinski definition) is 2. The fourth-order valence-electron chi connectivity index (χ4n) is 2.94. The van der Waals surface area contributed by atoms with Crippen molar-refractivity contribution in [1.82, 2.24) is 9.88 Å². The molecule has 22 heavy (non-hydrogen) atoms. The first-order chi connectivity index (χ1) is 10.7. The Hall–Kier alpha value is -2.40. The van der Waals surface area contributed by atoms with Crippen LogP contribution >= 0.6 is 0 Å². The van der Waals surface area contributed by atoms with E-state index in [-0.39, 0.29) is 17.7 Å². The van der Waals surface area contributed by atoms with Crippen LogP contribution in [-0.4, -0.2) is 27.4 Å². The highest BCUT2D eigenvalue weighted by molar-refractivity contribution is 5.94. The summed E-state index contributed by atoms with van der Waals surface area (Å²) in [5.41, 5.74) is 7.99. The van der Waals surface area contributed by atoms with Crippen LogP contribution in [0.5, 0.6) is 5.75 Å². The Balaban J connectivity index is 1.85. The molecule has 1 aromatic heterocycles. The molecule has 1 aliphatic heterocycles. The third kappa shape index (κ3) is 2.80. The molecule has 1 unspecified atom stereocenters. The van der Waals surface area contributed by atoms with Gasteiger partial charge in [0.2, 0.25) is 0 Å². The van der Waals surface area contributed by atoms with E-state index in [9.17, 15) is 9.90 Å². The summed E-state index contributed by atoms with van der Waals surface area (Å²) in [6, 6.07) is 10.6. The number of nitrogens with zero attached hydrogens (tertiary/aromatic N) is 2. The molecule has 1 fully saturated rings. The van der Waals surface area contributed by atoms with Crippen LogP contribution in [0.2, 0.25) is 0 Å². The molecule has 5 heteroatoms. The lowest BCUT2D eigenvalue weighted by atomic mass is 10.0. The summed E-state index contributed by atoms with van der Waals surface area (Å²) < 4.78 is 0. The van der Waals surface area contributed by atoms with E-state index in [2.05, 4.69) is 4.98 Å². The Kier molecular flexibility index (Phi) is 4.06. The van der Waals surface area contributed by atoms with Gasteiger partial charge >= 0.3 is 0 Å². The molecule has 114 valence electrons. The van der Waals surface area contributed by atoms with Crippen molar-refractivity contribution < 1.29 is 9.90 Å². The highest BCUT2D eigenvalue weighted by Crippen LogP contribution is 2.33. The number of pyridine rings is 1. The molecule has 1 aromatic carbocycles. The van der Waals surface area contributed by atoms with E-state index in [0.29, 0.717) is 17.8 Å². The smallest absolute Gasteiger partial charge is 0.254 e. The van der Waals surface area contributed by atoms with E-state index in [1.54, 1.807) is 30.5 Å². The Bertz CT molecular complexity index is 670. The molecular formula is C17H19N3O2. The Labute approximate surface area is 129 Å². The molecule has 1 aliphatic rings. The second kappa shape index (κ2) is 6.15. The number of hydrogen-bond acceptors (Lipinski definition) is 4. The van der Waals surface area contributed by atoms with E-state index < -0.39 is 0 Å². The van der Waals surface area contributed by atoms with Gasteiger partial charge in [0, 0.05) is 24.8 Å². The third-order valence-corrected chi connectivity index (χ3v) is 4.06. The van der Waals surface area contributed by atoms with E-state index in [1.165, 1.54) is 0 Å². The maximum atomic E-state index is 12.8. The maximum Gasteiger partial charge on any atom is 0.254 e. The van der Waals surface area contributed by atoms with Crippen molar-refractivity contribution in [2.45, 2.75) is 25.4 Å². The summed E-state index contributed by atoms with van der Waals surface area (Å²) in [5.74, 6) is 0.244. The fraction of sp³-hybridized carbons (Fsp3) is 0.294. The lowest BCUT2D eigenvalue weighted by Crippen LogP contribution is -2.30. The average molecular weight is 297 g/mol. The van der Waals surface area contributed by atoms with E-state index in [1.807, 2.05) is 17.0 Å². The summed E-state index contributed by atoms with van der Waals surface area (Å²) in [6.07, 6.45) is 3.54. The predicted molar refractivity (Wildman–Crippen MR) is 83.2 cm³/mol.